The predicted octanol–water partition coefficient (Wildman–Crippen LogP) is 1.32. The van der Waals surface area contributed by atoms with E-state index in [0.29, 0.717) is 5.56 Å². The van der Waals surface area contributed by atoms with E-state index in [1.54, 1.807) is 12.1 Å². The molecule has 1 amide bonds. The van der Waals surface area contributed by atoms with Gasteiger partial charge in [-0.2, -0.15) is 8.78 Å². The molecule has 1 aromatic rings. The van der Waals surface area contributed by atoms with Crippen LogP contribution in [0.4, 0.5) is 8.78 Å². The highest BCUT2D eigenvalue weighted by molar-refractivity contribution is 5.77. The molecule has 0 bridgehead atoms. The van der Waals surface area contributed by atoms with Crippen LogP contribution in [-0.4, -0.2) is 12.5 Å². The zero-order chi connectivity index (χ0) is 10.6. The lowest BCUT2D eigenvalue weighted by atomic mass is 10.1. The Morgan fingerprint density at radius 3 is 2.64 bits per heavy atom. The van der Waals surface area contributed by atoms with E-state index in [1.807, 2.05) is 0 Å². The van der Waals surface area contributed by atoms with Crippen molar-refractivity contribution in [3.8, 4) is 5.75 Å². The molecule has 0 fully saturated rings. The van der Waals surface area contributed by atoms with Gasteiger partial charge in [0.05, 0.1) is 6.42 Å². The van der Waals surface area contributed by atoms with Crippen LogP contribution in [0.2, 0.25) is 0 Å². The lowest BCUT2D eigenvalue weighted by Crippen LogP contribution is -2.15. The number of hydrogen-bond acceptors (Lipinski definition) is 2. The van der Waals surface area contributed by atoms with Gasteiger partial charge in [0, 0.05) is 5.56 Å². The Labute approximate surface area is 79.5 Å². The number of ether oxygens (including phenoxy) is 1. The summed E-state index contributed by atoms with van der Waals surface area (Å²) in [6.07, 6.45) is -0.108. The Morgan fingerprint density at radius 2 is 2.07 bits per heavy atom. The molecular weight excluding hydrogens is 192 g/mol. The zero-order valence-corrected chi connectivity index (χ0v) is 7.24. The number of primary amides is 1. The highest BCUT2D eigenvalue weighted by Gasteiger charge is 2.10. The van der Waals surface area contributed by atoms with Crippen molar-refractivity contribution in [1.82, 2.24) is 0 Å². The van der Waals surface area contributed by atoms with E-state index in [-0.39, 0.29) is 12.2 Å². The van der Waals surface area contributed by atoms with Crippen LogP contribution in [0, 0.1) is 0 Å². The van der Waals surface area contributed by atoms with E-state index < -0.39 is 12.5 Å². The zero-order valence-electron chi connectivity index (χ0n) is 7.24. The van der Waals surface area contributed by atoms with Gasteiger partial charge in [0.2, 0.25) is 5.91 Å². The SMILES string of the molecule is NC(=O)Cc1ccccc1OC(F)F. The Morgan fingerprint density at radius 1 is 1.43 bits per heavy atom. The average molecular weight is 201 g/mol. The monoisotopic (exact) mass is 201 g/mol. The minimum Gasteiger partial charge on any atom is -0.435 e. The molecule has 0 aliphatic heterocycles. The quantitative estimate of drug-likeness (QED) is 0.798. The van der Waals surface area contributed by atoms with E-state index in [0.717, 1.165) is 0 Å². The lowest BCUT2D eigenvalue weighted by molar-refractivity contribution is -0.117. The number of carbonyl (C=O) groups excluding carboxylic acids is 1. The molecule has 5 heteroatoms. The van der Waals surface area contributed by atoms with E-state index in [9.17, 15) is 13.6 Å². The number of alkyl halides is 2. The molecule has 2 N–H and O–H groups in total. The number of hydrogen-bond donors (Lipinski definition) is 1. The van der Waals surface area contributed by atoms with Gasteiger partial charge >= 0.3 is 6.61 Å². The van der Waals surface area contributed by atoms with Crippen LogP contribution in [0.25, 0.3) is 0 Å². The van der Waals surface area contributed by atoms with E-state index in [4.69, 9.17) is 5.73 Å². The van der Waals surface area contributed by atoms with Crippen LogP contribution in [-0.2, 0) is 11.2 Å². The number of halogens is 2. The molecule has 0 saturated carbocycles. The third-order valence-electron chi connectivity index (χ3n) is 1.55. The van der Waals surface area contributed by atoms with Gasteiger partial charge in [-0.15, -0.1) is 0 Å². The first-order valence-electron chi connectivity index (χ1n) is 3.90. The molecule has 0 spiro atoms. The highest BCUT2D eigenvalue weighted by atomic mass is 19.3. The summed E-state index contributed by atoms with van der Waals surface area (Å²) < 4.78 is 28.0. The molecule has 3 nitrogen and oxygen atoms in total. The lowest BCUT2D eigenvalue weighted by Gasteiger charge is -2.08. The molecule has 0 saturated heterocycles. The van der Waals surface area contributed by atoms with Gasteiger partial charge in [0.15, 0.2) is 0 Å². The van der Waals surface area contributed by atoms with E-state index in [1.165, 1.54) is 12.1 Å². The molecule has 0 aromatic heterocycles. The Kier molecular flexibility index (Phi) is 3.39. The number of benzene rings is 1. The first kappa shape index (κ1) is 10.4. The topological polar surface area (TPSA) is 52.3 Å². The van der Waals surface area contributed by atoms with Crippen LogP contribution in [0.1, 0.15) is 5.56 Å². The summed E-state index contributed by atoms with van der Waals surface area (Å²) in [5.41, 5.74) is 5.30. The molecule has 76 valence electrons. The number of amides is 1. The van der Waals surface area contributed by atoms with Gasteiger partial charge in [-0.1, -0.05) is 18.2 Å². The van der Waals surface area contributed by atoms with Crippen LogP contribution in [0.15, 0.2) is 24.3 Å². The Bertz CT molecular complexity index is 328. The van der Waals surface area contributed by atoms with Crippen molar-refractivity contribution in [1.29, 1.82) is 0 Å². The van der Waals surface area contributed by atoms with Crippen LogP contribution >= 0.6 is 0 Å². The maximum Gasteiger partial charge on any atom is 0.387 e. The standard InChI is InChI=1S/C9H9F2NO2/c10-9(11)14-7-4-2-1-3-6(7)5-8(12)13/h1-4,9H,5H2,(H2,12,13). The minimum atomic E-state index is -2.90. The van der Waals surface area contributed by atoms with Gasteiger partial charge in [-0.3, -0.25) is 4.79 Å². The van der Waals surface area contributed by atoms with Crippen molar-refractivity contribution in [3.63, 3.8) is 0 Å². The van der Waals surface area contributed by atoms with Gasteiger partial charge in [0.1, 0.15) is 5.75 Å². The van der Waals surface area contributed by atoms with Crippen molar-refractivity contribution < 1.29 is 18.3 Å². The predicted molar refractivity (Wildman–Crippen MR) is 46.0 cm³/mol. The van der Waals surface area contributed by atoms with Gasteiger partial charge in [0.25, 0.3) is 0 Å². The van der Waals surface area contributed by atoms with Crippen molar-refractivity contribution >= 4 is 5.91 Å². The summed E-state index contributed by atoms with van der Waals surface area (Å²) in [4.78, 5) is 10.6. The van der Waals surface area contributed by atoms with Crippen molar-refractivity contribution in [2.75, 3.05) is 0 Å². The van der Waals surface area contributed by atoms with Crippen molar-refractivity contribution in [3.05, 3.63) is 29.8 Å². The second-order valence-electron chi connectivity index (χ2n) is 2.63. The molecule has 0 radical (unpaired) electrons. The number of rotatable bonds is 4. The summed E-state index contributed by atoms with van der Waals surface area (Å²) in [7, 11) is 0. The smallest absolute Gasteiger partial charge is 0.387 e. The largest absolute Gasteiger partial charge is 0.435 e. The number of carbonyl (C=O) groups is 1. The first-order chi connectivity index (χ1) is 6.59. The van der Waals surface area contributed by atoms with E-state index >= 15 is 0 Å². The molecule has 0 aliphatic rings. The highest BCUT2D eigenvalue weighted by Crippen LogP contribution is 2.20. The van der Waals surface area contributed by atoms with E-state index in [2.05, 4.69) is 4.74 Å². The summed E-state index contributed by atoms with van der Waals surface area (Å²) in [6.45, 7) is -2.90. The first-order valence-corrected chi connectivity index (χ1v) is 3.90. The van der Waals surface area contributed by atoms with Crippen molar-refractivity contribution in [2.45, 2.75) is 13.0 Å². The Hall–Kier alpha value is -1.65. The summed E-state index contributed by atoms with van der Waals surface area (Å²) in [5, 5.41) is 0. The maximum atomic E-state index is 11.9. The van der Waals surface area contributed by atoms with Gasteiger partial charge in [-0.05, 0) is 6.07 Å². The molecule has 14 heavy (non-hydrogen) atoms. The average Bonchev–Trinajstić information content (AvgIpc) is 2.06. The number of para-hydroxylation sites is 1. The van der Waals surface area contributed by atoms with Crippen LogP contribution < -0.4 is 10.5 Å². The van der Waals surface area contributed by atoms with Crippen LogP contribution in [0.3, 0.4) is 0 Å². The summed E-state index contributed by atoms with van der Waals surface area (Å²) in [5.74, 6) is -0.600. The van der Waals surface area contributed by atoms with Crippen LogP contribution in [0.5, 0.6) is 5.75 Å². The Balaban J connectivity index is 2.85. The third kappa shape index (κ3) is 3.01. The molecule has 1 rings (SSSR count). The fraction of sp³-hybridized carbons (Fsp3) is 0.222. The fourth-order valence-electron chi connectivity index (χ4n) is 1.05. The molecule has 1 aromatic carbocycles. The molecule has 0 heterocycles. The second-order valence-corrected chi connectivity index (χ2v) is 2.63. The van der Waals surface area contributed by atoms with Gasteiger partial charge in [-0.25, -0.2) is 0 Å². The van der Waals surface area contributed by atoms with Crippen molar-refractivity contribution in [2.24, 2.45) is 5.73 Å². The second kappa shape index (κ2) is 4.55. The summed E-state index contributed by atoms with van der Waals surface area (Å²) >= 11 is 0. The van der Waals surface area contributed by atoms with Gasteiger partial charge < -0.3 is 10.5 Å². The normalized spacial score (nSPS) is 10.2. The number of nitrogens with two attached hydrogens (primary N) is 1. The fourth-order valence-corrected chi connectivity index (χ4v) is 1.05. The summed E-state index contributed by atoms with van der Waals surface area (Å²) in [6, 6.07) is 6.05. The molecular formula is C9H9F2NO2. The molecule has 0 atom stereocenters. The maximum absolute atomic E-state index is 11.9. The minimum absolute atomic E-state index is 0.0127. The molecule has 0 aliphatic carbocycles. The third-order valence-corrected chi connectivity index (χ3v) is 1.55. The molecule has 0 unspecified atom stereocenters.